The number of aliphatic hydroxyl groups is 3. The maximum Gasteiger partial charge on any atom is 0.167 e. The molecule has 0 radical (unpaired) electrons. The van der Waals surface area contributed by atoms with Crippen molar-refractivity contribution in [3.8, 4) is 0 Å². The van der Waals surface area contributed by atoms with Crippen molar-refractivity contribution in [2.24, 2.45) is 0 Å². The number of rotatable bonds is 6. The van der Waals surface area contributed by atoms with Crippen molar-refractivity contribution >= 4 is 22.6 Å². The van der Waals surface area contributed by atoms with Crippen LogP contribution in [-0.4, -0.2) is 75.7 Å². The van der Waals surface area contributed by atoms with Crippen LogP contribution in [-0.2, 0) is 11.2 Å². The van der Waals surface area contributed by atoms with Crippen molar-refractivity contribution in [1.29, 1.82) is 0 Å². The van der Waals surface area contributed by atoms with Crippen LogP contribution in [0.5, 0.6) is 0 Å². The average Bonchev–Trinajstić information content (AvgIpc) is 3.45. The lowest BCUT2D eigenvalue weighted by Crippen LogP contribution is -2.33. The molecule has 0 spiro atoms. The molecule has 4 aromatic rings. The molecule has 4 N–H and O–H groups in total. The Balaban J connectivity index is 1.35. The van der Waals surface area contributed by atoms with Gasteiger partial charge < -0.3 is 29.8 Å². The molecule has 5 heterocycles. The van der Waals surface area contributed by atoms with Crippen molar-refractivity contribution in [1.82, 2.24) is 28.9 Å². The number of ether oxygens (including phenoxy) is 1. The first-order chi connectivity index (χ1) is 14.7. The molecule has 4 aromatic heterocycles. The number of fused-ring (bicyclic) bond motifs is 2. The summed E-state index contributed by atoms with van der Waals surface area (Å²) in [6, 6.07) is 5.87. The Hall–Kier alpha value is -3.12. The minimum atomic E-state index is -1.21. The quantitative estimate of drug-likeness (QED) is 0.337. The molecule has 0 unspecified atom stereocenters. The Labute approximate surface area is 170 Å². The van der Waals surface area contributed by atoms with Gasteiger partial charge in [-0.3, -0.25) is 4.57 Å². The van der Waals surface area contributed by atoms with Crippen LogP contribution < -0.4 is 5.32 Å². The summed E-state index contributed by atoms with van der Waals surface area (Å²) in [6.07, 6.45) is 3.27. The van der Waals surface area contributed by atoms with E-state index in [4.69, 9.17) is 4.74 Å². The Morgan fingerprint density at radius 2 is 2.00 bits per heavy atom. The van der Waals surface area contributed by atoms with Crippen LogP contribution in [0.1, 0.15) is 11.9 Å². The van der Waals surface area contributed by atoms with Crippen molar-refractivity contribution < 1.29 is 20.1 Å². The second-order valence-corrected chi connectivity index (χ2v) is 7.13. The maximum absolute atomic E-state index is 10.3. The topological polar surface area (TPSA) is 143 Å². The summed E-state index contributed by atoms with van der Waals surface area (Å²) in [5.41, 5.74) is 2.94. The summed E-state index contributed by atoms with van der Waals surface area (Å²) in [5, 5.41) is 32.9. The standard InChI is InChI=1S/C19H21N7O4/c27-8-12-15(28)16(29)19(30-12)26-10-24-14-17(22-9-23-18(14)26)20-5-4-11-7-21-13-3-1-2-6-25(11)13/h1-3,6-7,9-10,12,15-16,19,27-29H,4-5,8H2,(H,20,22,23)/t12-,15-,16-,19-/m1/s1. The number of nitrogens with one attached hydrogen (secondary N) is 1. The van der Waals surface area contributed by atoms with Gasteiger partial charge in [0.05, 0.1) is 12.9 Å². The summed E-state index contributed by atoms with van der Waals surface area (Å²) in [4.78, 5) is 17.3. The average molecular weight is 411 g/mol. The molecular weight excluding hydrogens is 390 g/mol. The lowest BCUT2D eigenvalue weighted by Gasteiger charge is -2.16. The fraction of sp³-hybridized carbons (Fsp3) is 0.368. The monoisotopic (exact) mass is 411 g/mol. The molecule has 5 rings (SSSR count). The smallest absolute Gasteiger partial charge is 0.167 e. The van der Waals surface area contributed by atoms with Crippen LogP contribution in [0.25, 0.3) is 16.8 Å². The molecule has 11 nitrogen and oxygen atoms in total. The Bertz CT molecular complexity index is 1180. The van der Waals surface area contributed by atoms with E-state index in [1.165, 1.54) is 17.2 Å². The van der Waals surface area contributed by atoms with Gasteiger partial charge in [0.15, 0.2) is 23.2 Å². The van der Waals surface area contributed by atoms with Crippen LogP contribution >= 0.6 is 0 Å². The molecule has 1 aliphatic rings. The van der Waals surface area contributed by atoms with E-state index in [2.05, 4.69) is 25.3 Å². The number of aromatic nitrogens is 6. The molecule has 0 bridgehead atoms. The summed E-state index contributed by atoms with van der Waals surface area (Å²) < 4.78 is 9.15. The molecule has 4 atom stereocenters. The third-order valence-electron chi connectivity index (χ3n) is 5.32. The zero-order chi connectivity index (χ0) is 20.7. The lowest BCUT2D eigenvalue weighted by molar-refractivity contribution is -0.0511. The normalized spacial score (nSPS) is 24.1. The number of aliphatic hydroxyl groups excluding tert-OH is 3. The van der Waals surface area contributed by atoms with Crippen molar-refractivity contribution in [2.45, 2.75) is 31.0 Å². The number of nitrogens with zero attached hydrogens (tertiary/aromatic N) is 6. The summed E-state index contributed by atoms with van der Waals surface area (Å²) in [5.74, 6) is 0.555. The fourth-order valence-electron chi connectivity index (χ4n) is 3.76. The molecule has 1 fully saturated rings. The van der Waals surface area contributed by atoms with Gasteiger partial charge in [-0.2, -0.15) is 0 Å². The van der Waals surface area contributed by atoms with E-state index in [1.807, 2.05) is 35.0 Å². The molecule has 0 amide bonds. The predicted molar refractivity (Wildman–Crippen MR) is 106 cm³/mol. The van der Waals surface area contributed by atoms with Crippen LogP contribution in [0.3, 0.4) is 0 Å². The van der Waals surface area contributed by atoms with Gasteiger partial charge in [0, 0.05) is 31.1 Å². The first-order valence-electron chi connectivity index (χ1n) is 9.62. The Kier molecular flexibility index (Phi) is 4.79. The summed E-state index contributed by atoms with van der Waals surface area (Å²) >= 11 is 0. The van der Waals surface area contributed by atoms with E-state index in [1.54, 1.807) is 0 Å². The molecule has 0 aromatic carbocycles. The Morgan fingerprint density at radius 1 is 1.10 bits per heavy atom. The summed E-state index contributed by atoms with van der Waals surface area (Å²) in [7, 11) is 0. The number of imidazole rings is 2. The molecule has 30 heavy (non-hydrogen) atoms. The molecule has 0 saturated carbocycles. The van der Waals surface area contributed by atoms with Crippen LogP contribution in [0.2, 0.25) is 0 Å². The predicted octanol–water partition coefficient (Wildman–Crippen LogP) is -0.260. The van der Waals surface area contributed by atoms with E-state index < -0.39 is 31.1 Å². The van der Waals surface area contributed by atoms with Crippen LogP contribution in [0, 0.1) is 0 Å². The SMILES string of the molecule is OC[C@H]1O[C@@H](n2cnc3c(NCCc4cnc5ccccn45)ncnc32)[C@H](O)[C@@H]1O. The van der Waals surface area contributed by atoms with Crippen molar-refractivity contribution in [3.63, 3.8) is 0 Å². The number of pyridine rings is 1. The molecule has 1 aliphatic heterocycles. The largest absolute Gasteiger partial charge is 0.394 e. The van der Waals surface area contributed by atoms with Gasteiger partial charge in [-0.25, -0.2) is 19.9 Å². The molecule has 11 heteroatoms. The van der Waals surface area contributed by atoms with Gasteiger partial charge in [0.2, 0.25) is 0 Å². The zero-order valence-electron chi connectivity index (χ0n) is 15.9. The number of hydrogen-bond donors (Lipinski definition) is 4. The van der Waals surface area contributed by atoms with Gasteiger partial charge in [-0.05, 0) is 12.1 Å². The zero-order valence-corrected chi connectivity index (χ0v) is 15.9. The van der Waals surface area contributed by atoms with Crippen LogP contribution in [0.4, 0.5) is 5.82 Å². The highest BCUT2D eigenvalue weighted by atomic mass is 16.6. The second kappa shape index (κ2) is 7.61. The fourth-order valence-corrected chi connectivity index (χ4v) is 3.76. The van der Waals surface area contributed by atoms with Gasteiger partial charge in [-0.1, -0.05) is 6.07 Å². The molecule has 0 aliphatic carbocycles. The highest BCUT2D eigenvalue weighted by Gasteiger charge is 2.44. The highest BCUT2D eigenvalue weighted by molar-refractivity contribution is 5.82. The minimum absolute atomic E-state index is 0.396. The second-order valence-electron chi connectivity index (χ2n) is 7.13. The number of anilines is 1. The Morgan fingerprint density at radius 3 is 2.83 bits per heavy atom. The van der Waals surface area contributed by atoms with Gasteiger partial charge in [0.25, 0.3) is 0 Å². The molecule has 1 saturated heterocycles. The molecule has 156 valence electrons. The highest BCUT2D eigenvalue weighted by Crippen LogP contribution is 2.32. The van der Waals surface area contributed by atoms with E-state index in [-0.39, 0.29) is 0 Å². The lowest BCUT2D eigenvalue weighted by atomic mass is 10.1. The third kappa shape index (κ3) is 3.08. The van der Waals surface area contributed by atoms with E-state index in [9.17, 15) is 15.3 Å². The van der Waals surface area contributed by atoms with Crippen LogP contribution in [0.15, 0.2) is 43.2 Å². The number of hydrogen-bond acceptors (Lipinski definition) is 9. The van der Waals surface area contributed by atoms with Gasteiger partial charge in [0.1, 0.15) is 30.3 Å². The van der Waals surface area contributed by atoms with Crippen molar-refractivity contribution in [3.05, 3.63) is 48.9 Å². The van der Waals surface area contributed by atoms with Gasteiger partial charge in [-0.15, -0.1) is 0 Å². The van der Waals surface area contributed by atoms with E-state index in [0.717, 1.165) is 17.8 Å². The first kappa shape index (κ1) is 18.9. The van der Waals surface area contributed by atoms with Gasteiger partial charge >= 0.3 is 0 Å². The first-order valence-corrected chi connectivity index (χ1v) is 9.62. The van der Waals surface area contributed by atoms with Crippen molar-refractivity contribution in [2.75, 3.05) is 18.5 Å². The summed E-state index contributed by atoms with van der Waals surface area (Å²) in [6.45, 7) is 0.210. The third-order valence-corrected chi connectivity index (χ3v) is 5.32. The molecular formula is C19H21N7O4. The van der Waals surface area contributed by atoms with E-state index in [0.29, 0.717) is 23.5 Å². The maximum atomic E-state index is 10.3. The van der Waals surface area contributed by atoms with E-state index >= 15 is 0 Å². The minimum Gasteiger partial charge on any atom is -0.394 e.